The summed E-state index contributed by atoms with van der Waals surface area (Å²) < 4.78 is 22.1. The molecule has 0 atom stereocenters. The predicted molar refractivity (Wildman–Crippen MR) is 181 cm³/mol. The van der Waals surface area contributed by atoms with Crippen LogP contribution in [-0.2, 0) is 0 Å². The van der Waals surface area contributed by atoms with Crippen LogP contribution in [0.1, 0.15) is 71.4 Å². The van der Waals surface area contributed by atoms with Gasteiger partial charge in [0, 0.05) is 25.2 Å². The minimum absolute atomic E-state index is 0.0122. The van der Waals surface area contributed by atoms with E-state index in [1.54, 1.807) is 32.3 Å². The average Bonchev–Trinajstić information content (AvgIpc) is 3.02. The number of aromatic nitrogens is 4. The lowest BCUT2D eigenvalue weighted by Crippen LogP contribution is -2.22. The van der Waals surface area contributed by atoms with Crippen molar-refractivity contribution in [3.8, 4) is 34.5 Å². The first-order chi connectivity index (χ1) is 22.6. The van der Waals surface area contributed by atoms with Crippen LogP contribution >= 0.6 is 0 Å². The van der Waals surface area contributed by atoms with E-state index in [9.17, 15) is 14.7 Å². The number of methoxy groups -OCH3 is 2. The molecule has 0 fully saturated rings. The molecule has 0 spiro atoms. The fourth-order valence-electron chi connectivity index (χ4n) is 4.33. The second-order valence-electron chi connectivity index (χ2n) is 11.2. The summed E-state index contributed by atoms with van der Waals surface area (Å²) in [6.07, 6.45) is 2.74. The molecule has 0 aliphatic heterocycles. The minimum Gasteiger partial charge on any atom is -0.496 e. The van der Waals surface area contributed by atoms with Gasteiger partial charge in [-0.1, -0.05) is 27.7 Å². The molecule has 16 nitrogen and oxygen atoms in total. The zero-order valence-electron chi connectivity index (χ0n) is 28.1. The molecule has 0 radical (unpaired) electrons. The Morgan fingerprint density at radius 3 is 1.40 bits per heavy atom. The van der Waals surface area contributed by atoms with Crippen molar-refractivity contribution in [1.29, 1.82) is 0 Å². The Balaban J connectivity index is 0.000000261. The summed E-state index contributed by atoms with van der Waals surface area (Å²) in [6, 6.07) is 6.47. The third kappa shape index (κ3) is 8.60. The third-order valence-corrected chi connectivity index (χ3v) is 6.82. The quantitative estimate of drug-likeness (QED) is 0.156. The fraction of sp³-hybridized carbons (Fsp3) is 0.312. The SMILES string of the molecule is COc1cc(C(C)C)c(Oc2cnc(N)nc2N)cc1C(=O)N(C)C.COc1cc(C(C)C)c(Oc2cnc(N)nc2N)cc1C(=O)O. The first-order valence-corrected chi connectivity index (χ1v) is 14.6. The van der Waals surface area contributed by atoms with Crippen LogP contribution in [0, 0.1) is 0 Å². The number of nitrogens with zero attached hydrogens (tertiary/aromatic N) is 5. The summed E-state index contributed by atoms with van der Waals surface area (Å²) >= 11 is 0. The summed E-state index contributed by atoms with van der Waals surface area (Å²) in [5.74, 6) is 1.20. The largest absolute Gasteiger partial charge is 0.496 e. The summed E-state index contributed by atoms with van der Waals surface area (Å²) in [5.41, 5.74) is 24.6. The molecule has 0 aliphatic carbocycles. The lowest BCUT2D eigenvalue weighted by molar-refractivity contribution is 0.0692. The first-order valence-electron chi connectivity index (χ1n) is 14.6. The number of hydrogen-bond acceptors (Lipinski definition) is 14. The van der Waals surface area contributed by atoms with Crippen molar-refractivity contribution in [2.45, 2.75) is 39.5 Å². The normalized spacial score (nSPS) is 10.6. The highest BCUT2D eigenvalue weighted by molar-refractivity contribution is 5.97. The number of rotatable bonds is 10. The molecule has 0 aliphatic rings. The molecule has 0 saturated heterocycles. The molecular weight excluding hydrogens is 622 g/mol. The predicted octanol–water partition coefficient (Wildman–Crippen LogP) is 4.53. The second-order valence-corrected chi connectivity index (χ2v) is 11.2. The van der Waals surface area contributed by atoms with Gasteiger partial charge in [0.05, 0.1) is 32.2 Å². The van der Waals surface area contributed by atoms with E-state index in [1.807, 2.05) is 27.7 Å². The Labute approximate surface area is 278 Å². The molecule has 2 heterocycles. The number of ether oxygens (including phenoxy) is 4. The third-order valence-electron chi connectivity index (χ3n) is 6.82. The van der Waals surface area contributed by atoms with Gasteiger partial charge in [-0.2, -0.15) is 9.97 Å². The van der Waals surface area contributed by atoms with Crippen molar-refractivity contribution >= 4 is 35.4 Å². The monoisotopic (exact) mass is 663 g/mol. The number of anilines is 4. The Hall–Kier alpha value is -6.06. The van der Waals surface area contributed by atoms with Crippen LogP contribution in [0.25, 0.3) is 0 Å². The van der Waals surface area contributed by atoms with E-state index in [2.05, 4.69) is 19.9 Å². The van der Waals surface area contributed by atoms with Crippen LogP contribution in [0.4, 0.5) is 23.5 Å². The van der Waals surface area contributed by atoms with Gasteiger partial charge < -0.3 is 51.9 Å². The molecule has 4 aromatic rings. The lowest BCUT2D eigenvalue weighted by Gasteiger charge is -2.19. The zero-order valence-corrected chi connectivity index (χ0v) is 28.1. The number of nitrogens with two attached hydrogens (primary N) is 4. The Morgan fingerprint density at radius 1 is 0.667 bits per heavy atom. The maximum absolute atomic E-state index is 12.4. The molecule has 256 valence electrons. The highest BCUT2D eigenvalue weighted by Gasteiger charge is 2.22. The van der Waals surface area contributed by atoms with Crippen LogP contribution in [0.3, 0.4) is 0 Å². The van der Waals surface area contributed by atoms with Crippen molar-refractivity contribution in [3.63, 3.8) is 0 Å². The molecule has 48 heavy (non-hydrogen) atoms. The molecule has 2 aromatic heterocycles. The molecular formula is C32H41N9O7. The maximum Gasteiger partial charge on any atom is 0.339 e. The van der Waals surface area contributed by atoms with E-state index >= 15 is 0 Å². The number of aromatic carboxylic acids is 1. The fourth-order valence-corrected chi connectivity index (χ4v) is 4.33. The van der Waals surface area contributed by atoms with Crippen molar-refractivity contribution in [2.75, 3.05) is 51.2 Å². The average molecular weight is 664 g/mol. The van der Waals surface area contributed by atoms with Gasteiger partial charge in [0.2, 0.25) is 11.9 Å². The first kappa shape index (κ1) is 36.4. The van der Waals surface area contributed by atoms with E-state index < -0.39 is 5.97 Å². The van der Waals surface area contributed by atoms with Gasteiger partial charge in [-0.3, -0.25) is 4.79 Å². The van der Waals surface area contributed by atoms with Crippen LogP contribution in [0.15, 0.2) is 36.7 Å². The van der Waals surface area contributed by atoms with Gasteiger partial charge in [0.1, 0.15) is 28.6 Å². The number of carbonyl (C=O) groups is 2. The van der Waals surface area contributed by atoms with Crippen LogP contribution in [0.5, 0.6) is 34.5 Å². The zero-order chi connectivity index (χ0) is 35.9. The smallest absolute Gasteiger partial charge is 0.339 e. The van der Waals surface area contributed by atoms with Gasteiger partial charge in [0.15, 0.2) is 23.1 Å². The molecule has 0 unspecified atom stereocenters. The summed E-state index contributed by atoms with van der Waals surface area (Å²) in [4.78, 5) is 40.7. The lowest BCUT2D eigenvalue weighted by atomic mass is 9.99. The number of benzene rings is 2. The van der Waals surface area contributed by atoms with E-state index in [0.29, 0.717) is 22.8 Å². The number of nitrogen functional groups attached to an aromatic ring is 4. The molecule has 1 amide bonds. The number of amides is 1. The van der Waals surface area contributed by atoms with Gasteiger partial charge in [-0.25, -0.2) is 14.8 Å². The van der Waals surface area contributed by atoms with Crippen molar-refractivity contribution < 1.29 is 33.6 Å². The molecule has 0 saturated carbocycles. The standard InChI is InChI=1S/C17H23N5O3.C15H18N4O4/c1-9(2)10-6-12(24-5)11(16(23)22(3)4)7-13(10)25-14-8-20-17(19)21-15(14)18;1-7(2)8-4-10(22-3)9(14(20)21)5-11(8)23-12-6-18-15(17)19-13(12)16/h6-9H,1-5H3,(H4,18,19,20,21);4-7H,1-3H3,(H,20,21)(H4,16,17,18,19). The van der Waals surface area contributed by atoms with Crippen molar-refractivity contribution in [1.82, 2.24) is 24.8 Å². The van der Waals surface area contributed by atoms with Gasteiger partial charge in [-0.05, 0) is 36.1 Å². The highest BCUT2D eigenvalue weighted by atomic mass is 16.5. The van der Waals surface area contributed by atoms with E-state index in [4.69, 9.17) is 41.9 Å². The summed E-state index contributed by atoms with van der Waals surface area (Å²) in [7, 11) is 6.28. The van der Waals surface area contributed by atoms with Crippen LogP contribution in [0.2, 0.25) is 0 Å². The van der Waals surface area contributed by atoms with Crippen LogP contribution < -0.4 is 41.9 Å². The van der Waals surface area contributed by atoms with Gasteiger partial charge >= 0.3 is 5.97 Å². The highest BCUT2D eigenvalue weighted by Crippen LogP contribution is 2.39. The van der Waals surface area contributed by atoms with Gasteiger partial charge in [-0.15, -0.1) is 0 Å². The van der Waals surface area contributed by atoms with Crippen molar-refractivity contribution in [3.05, 3.63) is 58.9 Å². The van der Waals surface area contributed by atoms with Crippen LogP contribution in [-0.4, -0.2) is 70.1 Å². The second kappa shape index (κ2) is 15.5. The van der Waals surface area contributed by atoms with E-state index in [-0.39, 0.29) is 64.1 Å². The Bertz CT molecular complexity index is 1800. The molecule has 0 bridgehead atoms. The summed E-state index contributed by atoms with van der Waals surface area (Å²) in [5, 5.41) is 9.31. The number of carbonyl (C=O) groups excluding carboxylic acids is 1. The number of carboxylic acids is 1. The number of hydrogen-bond donors (Lipinski definition) is 5. The van der Waals surface area contributed by atoms with E-state index in [0.717, 1.165) is 11.1 Å². The Kier molecular flexibility index (Phi) is 11.7. The molecule has 16 heteroatoms. The van der Waals surface area contributed by atoms with E-state index in [1.165, 1.54) is 37.6 Å². The Morgan fingerprint density at radius 2 is 1.06 bits per heavy atom. The number of carboxylic acid groups (broad SMARTS) is 1. The maximum atomic E-state index is 12.4. The summed E-state index contributed by atoms with van der Waals surface area (Å²) in [6.45, 7) is 7.92. The molecule has 9 N–H and O–H groups in total. The topological polar surface area (TPSA) is 250 Å². The minimum atomic E-state index is -1.12. The molecule has 2 aromatic carbocycles. The van der Waals surface area contributed by atoms with Gasteiger partial charge in [0.25, 0.3) is 5.91 Å². The van der Waals surface area contributed by atoms with Crippen molar-refractivity contribution in [2.24, 2.45) is 0 Å². The molecule has 4 rings (SSSR count).